The number of furan rings is 1. The second-order valence-corrected chi connectivity index (χ2v) is 4.85. The van der Waals surface area contributed by atoms with Gasteiger partial charge in [-0.05, 0) is 48.9 Å². The number of nitrogens with zero attached hydrogens (tertiary/aromatic N) is 2. The van der Waals surface area contributed by atoms with Gasteiger partial charge in [-0.15, -0.1) is 0 Å². The van der Waals surface area contributed by atoms with Crippen molar-refractivity contribution in [2.75, 3.05) is 6.61 Å². The summed E-state index contributed by atoms with van der Waals surface area (Å²) in [4.78, 5) is 12.0. The summed E-state index contributed by atoms with van der Waals surface area (Å²) in [5.74, 6) is 0.992. The first-order valence-corrected chi connectivity index (χ1v) is 7.42. The van der Waals surface area contributed by atoms with Crippen molar-refractivity contribution in [2.24, 2.45) is 5.10 Å². The van der Waals surface area contributed by atoms with Crippen molar-refractivity contribution >= 4 is 12.1 Å². The predicted octanol–water partition coefficient (Wildman–Crippen LogP) is 2.83. The molecule has 7 heteroatoms. The van der Waals surface area contributed by atoms with Crippen molar-refractivity contribution in [3.05, 3.63) is 60.0 Å². The van der Waals surface area contributed by atoms with Gasteiger partial charge in [0.05, 0.1) is 19.1 Å². The second-order valence-electron chi connectivity index (χ2n) is 4.85. The number of ether oxygens (including phenoxy) is 1. The number of nitrogens with one attached hydrogen (secondary N) is 2. The van der Waals surface area contributed by atoms with Gasteiger partial charge >= 0.3 is 0 Å². The van der Waals surface area contributed by atoms with Crippen molar-refractivity contribution in [1.82, 2.24) is 15.6 Å². The molecule has 3 aromatic rings. The molecule has 2 aromatic heterocycles. The van der Waals surface area contributed by atoms with Crippen molar-refractivity contribution in [1.29, 1.82) is 0 Å². The summed E-state index contributed by atoms with van der Waals surface area (Å²) in [6, 6.07) is 12.5. The minimum absolute atomic E-state index is 0.227. The fourth-order valence-corrected chi connectivity index (χ4v) is 2.04. The highest BCUT2D eigenvalue weighted by Gasteiger charge is 2.11. The Balaban J connectivity index is 1.59. The fourth-order valence-electron chi connectivity index (χ4n) is 2.04. The highest BCUT2D eigenvalue weighted by molar-refractivity contribution is 5.93. The van der Waals surface area contributed by atoms with E-state index >= 15 is 0 Å². The van der Waals surface area contributed by atoms with Crippen LogP contribution in [0.4, 0.5) is 0 Å². The van der Waals surface area contributed by atoms with Crippen LogP contribution in [-0.2, 0) is 0 Å². The van der Waals surface area contributed by atoms with Gasteiger partial charge in [0.25, 0.3) is 5.91 Å². The van der Waals surface area contributed by atoms with Gasteiger partial charge in [-0.25, -0.2) is 5.43 Å². The molecule has 0 aliphatic rings. The van der Waals surface area contributed by atoms with Crippen LogP contribution in [0, 0.1) is 0 Å². The lowest BCUT2D eigenvalue weighted by atomic mass is 10.2. The maximum Gasteiger partial charge on any atom is 0.291 e. The zero-order chi connectivity index (χ0) is 16.8. The predicted molar refractivity (Wildman–Crippen MR) is 89.0 cm³/mol. The number of aromatic nitrogens is 2. The molecule has 0 radical (unpaired) electrons. The molecule has 24 heavy (non-hydrogen) atoms. The number of hydrogen-bond acceptors (Lipinski definition) is 5. The van der Waals surface area contributed by atoms with Crippen LogP contribution in [0.1, 0.15) is 23.0 Å². The quantitative estimate of drug-likeness (QED) is 0.538. The number of amides is 1. The Bertz CT molecular complexity index is 820. The third-order valence-electron chi connectivity index (χ3n) is 3.17. The first-order chi connectivity index (χ1) is 11.8. The van der Waals surface area contributed by atoms with Crippen LogP contribution in [0.2, 0.25) is 0 Å². The first kappa shape index (κ1) is 15.5. The van der Waals surface area contributed by atoms with E-state index in [2.05, 4.69) is 20.7 Å². The standard InChI is InChI=1S/C17H16N4O3/c1-2-23-13-7-5-12(6-8-13)11-18-21-17(22)15-10-14(19-20-15)16-4-3-9-24-16/h3-11H,2H2,1H3,(H,19,20)(H,21,22). The molecule has 0 saturated carbocycles. The van der Waals surface area contributed by atoms with Gasteiger partial charge in [-0.3, -0.25) is 9.89 Å². The van der Waals surface area contributed by atoms with Gasteiger partial charge in [-0.2, -0.15) is 10.2 Å². The zero-order valence-electron chi connectivity index (χ0n) is 13.0. The van der Waals surface area contributed by atoms with Crippen molar-refractivity contribution < 1.29 is 13.9 Å². The molecule has 0 unspecified atom stereocenters. The largest absolute Gasteiger partial charge is 0.494 e. The molecule has 0 fully saturated rings. The summed E-state index contributed by atoms with van der Waals surface area (Å²) < 4.78 is 10.6. The van der Waals surface area contributed by atoms with Crippen LogP contribution >= 0.6 is 0 Å². The van der Waals surface area contributed by atoms with Gasteiger partial charge in [0.2, 0.25) is 0 Å². The third-order valence-corrected chi connectivity index (χ3v) is 3.17. The molecule has 7 nitrogen and oxygen atoms in total. The zero-order valence-corrected chi connectivity index (χ0v) is 13.0. The summed E-state index contributed by atoms with van der Waals surface area (Å²) in [6.07, 6.45) is 3.10. The summed E-state index contributed by atoms with van der Waals surface area (Å²) in [5, 5.41) is 10.6. The molecular weight excluding hydrogens is 308 g/mol. The number of aromatic amines is 1. The van der Waals surface area contributed by atoms with Crippen LogP contribution in [0.5, 0.6) is 5.75 Å². The summed E-state index contributed by atoms with van der Waals surface area (Å²) in [7, 11) is 0. The normalized spacial score (nSPS) is 10.9. The molecule has 0 bridgehead atoms. The molecule has 1 amide bonds. The van der Waals surface area contributed by atoms with Gasteiger partial charge in [-0.1, -0.05) is 0 Å². The monoisotopic (exact) mass is 324 g/mol. The summed E-state index contributed by atoms with van der Waals surface area (Å²) in [6.45, 7) is 2.55. The van der Waals surface area contributed by atoms with Crippen LogP contribution < -0.4 is 10.2 Å². The van der Waals surface area contributed by atoms with Crippen LogP contribution in [0.15, 0.2) is 58.2 Å². The van der Waals surface area contributed by atoms with E-state index in [1.165, 1.54) is 0 Å². The fraction of sp³-hybridized carbons (Fsp3) is 0.118. The van der Waals surface area contributed by atoms with E-state index in [1.54, 1.807) is 30.7 Å². The minimum atomic E-state index is -0.411. The molecule has 0 saturated heterocycles. The van der Waals surface area contributed by atoms with E-state index in [4.69, 9.17) is 9.15 Å². The Morgan fingerprint density at radius 1 is 1.38 bits per heavy atom. The average Bonchev–Trinajstić information content (AvgIpc) is 3.28. The topological polar surface area (TPSA) is 92.5 Å². The second kappa shape index (κ2) is 7.28. The molecule has 2 N–H and O–H groups in total. The van der Waals surface area contributed by atoms with Gasteiger partial charge < -0.3 is 9.15 Å². The van der Waals surface area contributed by atoms with Gasteiger partial charge in [0.15, 0.2) is 11.5 Å². The molecule has 2 heterocycles. The Labute approximate surface area is 138 Å². The Morgan fingerprint density at radius 2 is 2.21 bits per heavy atom. The van der Waals surface area contributed by atoms with Crippen LogP contribution in [-0.4, -0.2) is 28.9 Å². The van der Waals surface area contributed by atoms with Gasteiger partial charge in [0, 0.05) is 6.07 Å². The van der Waals surface area contributed by atoms with E-state index in [0.717, 1.165) is 11.3 Å². The SMILES string of the molecule is CCOc1ccc(C=NNC(=O)c2cc(-c3ccco3)[nH]n2)cc1. The third kappa shape index (κ3) is 3.70. The van der Waals surface area contributed by atoms with Crippen molar-refractivity contribution in [3.8, 4) is 17.2 Å². The lowest BCUT2D eigenvalue weighted by molar-refractivity contribution is 0.0950. The summed E-state index contributed by atoms with van der Waals surface area (Å²) in [5.41, 5.74) is 4.13. The Morgan fingerprint density at radius 3 is 2.92 bits per heavy atom. The number of rotatable bonds is 6. The van der Waals surface area contributed by atoms with Gasteiger partial charge in [0.1, 0.15) is 11.4 Å². The minimum Gasteiger partial charge on any atom is -0.494 e. The number of hydrogen-bond donors (Lipinski definition) is 2. The molecule has 0 atom stereocenters. The molecule has 3 rings (SSSR count). The Hall–Kier alpha value is -3.35. The van der Waals surface area contributed by atoms with Crippen molar-refractivity contribution in [3.63, 3.8) is 0 Å². The molecule has 122 valence electrons. The summed E-state index contributed by atoms with van der Waals surface area (Å²) >= 11 is 0. The average molecular weight is 324 g/mol. The van der Waals surface area contributed by atoms with Crippen LogP contribution in [0.3, 0.4) is 0 Å². The highest BCUT2D eigenvalue weighted by atomic mass is 16.5. The number of H-pyrrole nitrogens is 1. The smallest absolute Gasteiger partial charge is 0.291 e. The number of carbonyl (C=O) groups excluding carboxylic acids is 1. The molecule has 0 spiro atoms. The molecule has 1 aromatic carbocycles. The van der Waals surface area contributed by atoms with E-state index in [9.17, 15) is 4.79 Å². The number of hydrazone groups is 1. The first-order valence-electron chi connectivity index (χ1n) is 7.42. The van der Waals surface area contributed by atoms with Crippen molar-refractivity contribution in [2.45, 2.75) is 6.92 Å². The Kier molecular flexibility index (Phi) is 4.71. The maximum atomic E-state index is 12.0. The number of benzene rings is 1. The van der Waals surface area contributed by atoms with E-state index < -0.39 is 5.91 Å². The lowest BCUT2D eigenvalue weighted by Crippen LogP contribution is -2.17. The molecule has 0 aliphatic carbocycles. The number of carbonyl (C=O) groups is 1. The molecule has 0 aliphatic heterocycles. The molecular formula is C17H16N4O3. The van der Waals surface area contributed by atoms with E-state index in [1.807, 2.05) is 31.2 Å². The maximum absolute atomic E-state index is 12.0. The highest BCUT2D eigenvalue weighted by Crippen LogP contribution is 2.17. The van der Waals surface area contributed by atoms with E-state index in [0.29, 0.717) is 18.1 Å². The lowest BCUT2D eigenvalue weighted by Gasteiger charge is -2.02. The van der Waals surface area contributed by atoms with E-state index in [-0.39, 0.29) is 5.69 Å². The van der Waals surface area contributed by atoms with Crippen LogP contribution in [0.25, 0.3) is 11.5 Å².